The van der Waals surface area contributed by atoms with Gasteiger partial charge in [0.25, 0.3) is 0 Å². The van der Waals surface area contributed by atoms with Crippen LogP contribution >= 0.6 is 0 Å². The Labute approximate surface area is 108 Å². The normalized spacial score (nSPS) is 10.1. The third-order valence-corrected chi connectivity index (χ3v) is 1.81. The van der Waals surface area contributed by atoms with E-state index in [1.165, 1.54) is 0 Å². The van der Waals surface area contributed by atoms with Crippen LogP contribution in [0, 0.1) is 6.92 Å². The third kappa shape index (κ3) is 2.63. The molecule has 0 fully saturated rings. The molecule has 4 heteroatoms. The van der Waals surface area contributed by atoms with Gasteiger partial charge in [0.15, 0.2) is 0 Å². The predicted octanol–water partition coefficient (Wildman–Crippen LogP) is 1.68. The van der Waals surface area contributed by atoms with Crippen LogP contribution in [0.5, 0.6) is 0 Å². The summed E-state index contributed by atoms with van der Waals surface area (Å²) in [5.74, 6) is 0. The van der Waals surface area contributed by atoms with Crippen molar-refractivity contribution >= 4 is 5.52 Å². The summed E-state index contributed by atoms with van der Waals surface area (Å²) in [6.07, 6.45) is 1.92. The molecule has 0 aromatic carbocycles. The molecule has 0 atom stereocenters. The molecule has 3 nitrogen and oxygen atoms in total. The molecular formula is C10H11N2OY-. The molecule has 1 radical (unpaired) electrons. The number of nitrogens with zero attached hydrogens (tertiary/aromatic N) is 2. The maximum Gasteiger partial charge on any atom is 0.0890 e. The van der Waals surface area contributed by atoms with Crippen LogP contribution in [0.25, 0.3) is 5.52 Å². The molecular weight excluding hydrogens is 253 g/mol. The Balaban J connectivity index is 0.000000980. The van der Waals surface area contributed by atoms with Crippen molar-refractivity contribution in [1.29, 1.82) is 0 Å². The second-order valence-electron chi connectivity index (χ2n) is 2.76. The molecule has 2 heterocycles. The molecule has 14 heavy (non-hydrogen) atoms. The summed E-state index contributed by atoms with van der Waals surface area (Å²) in [5.41, 5.74) is 2.03. The molecule has 2 aromatic rings. The standard InChI is InChI=1S/C10H11N2O.Y/c1-2-13-8-9-7-10-5-3-4-6-12(10)11-9;/h3-7H,1-2,8H2;/q-1;. The van der Waals surface area contributed by atoms with Crippen LogP contribution in [-0.4, -0.2) is 16.2 Å². The number of fused-ring (bicyclic) bond motifs is 1. The van der Waals surface area contributed by atoms with Gasteiger partial charge in [-0.25, -0.2) is 4.52 Å². The van der Waals surface area contributed by atoms with E-state index in [1.54, 1.807) is 0 Å². The van der Waals surface area contributed by atoms with Crippen molar-refractivity contribution in [3.05, 3.63) is 43.1 Å². The maximum absolute atomic E-state index is 5.16. The second-order valence-corrected chi connectivity index (χ2v) is 2.76. The molecule has 0 amide bonds. The van der Waals surface area contributed by atoms with Gasteiger partial charge in [-0.15, -0.1) is 0 Å². The minimum Gasteiger partial charge on any atom is -0.407 e. The van der Waals surface area contributed by atoms with Gasteiger partial charge < -0.3 is 11.7 Å². The van der Waals surface area contributed by atoms with Crippen molar-refractivity contribution in [2.45, 2.75) is 6.61 Å². The van der Waals surface area contributed by atoms with E-state index in [-0.39, 0.29) is 32.7 Å². The summed E-state index contributed by atoms with van der Waals surface area (Å²) in [4.78, 5) is 0. The Kier molecular flexibility index (Phi) is 4.72. The number of hydrogen-bond donors (Lipinski definition) is 0. The summed E-state index contributed by atoms with van der Waals surface area (Å²) in [5, 5.41) is 4.31. The molecule has 0 spiro atoms. The van der Waals surface area contributed by atoms with Gasteiger partial charge in [-0.3, -0.25) is 0 Å². The van der Waals surface area contributed by atoms with Gasteiger partial charge in [0.1, 0.15) is 0 Å². The topological polar surface area (TPSA) is 26.5 Å². The Hall–Kier alpha value is -0.246. The Morgan fingerprint density at radius 2 is 2.29 bits per heavy atom. The van der Waals surface area contributed by atoms with Crippen molar-refractivity contribution in [3.63, 3.8) is 0 Å². The first-order chi connectivity index (χ1) is 6.40. The van der Waals surface area contributed by atoms with Crippen molar-refractivity contribution in [3.8, 4) is 0 Å². The number of rotatable bonds is 3. The third-order valence-electron chi connectivity index (χ3n) is 1.81. The molecule has 0 saturated carbocycles. The average molecular weight is 264 g/mol. The van der Waals surface area contributed by atoms with Crippen LogP contribution in [0.3, 0.4) is 0 Å². The van der Waals surface area contributed by atoms with E-state index in [1.807, 2.05) is 35.0 Å². The average Bonchev–Trinajstić information content (AvgIpc) is 2.57. The zero-order valence-corrected chi connectivity index (χ0v) is 10.7. The van der Waals surface area contributed by atoms with Crippen LogP contribution < -0.4 is 0 Å². The van der Waals surface area contributed by atoms with E-state index in [4.69, 9.17) is 4.74 Å². The first-order valence-corrected chi connectivity index (χ1v) is 4.20. The number of pyridine rings is 1. The molecule has 71 valence electrons. The van der Waals surface area contributed by atoms with Gasteiger partial charge in [0.05, 0.1) is 17.8 Å². The zero-order chi connectivity index (χ0) is 9.10. The van der Waals surface area contributed by atoms with Crippen LogP contribution in [0.2, 0.25) is 0 Å². The van der Waals surface area contributed by atoms with Gasteiger partial charge >= 0.3 is 0 Å². The Morgan fingerprint density at radius 1 is 1.43 bits per heavy atom. The molecule has 0 bridgehead atoms. The summed E-state index contributed by atoms with van der Waals surface area (Å²) in [6.45, 7) is 4.61. The summed E-state index contributed by atoms with van der Waals surface area (Å²) in [6, 6.07) is 7.96. The van der Waals surface area contributed by atoms with Crippen molar-refractivity contribution in [2.75, 3.05) is 6.61 Å². The smallest absolute Gasteiger partial charge is 0.0890 e. The molecule has 0 saturated heterocycles. The second kappa shape index (κ2) is 5.59. The molecule has 0 aliphatic rings. The minimum atomic E-state index is 0. The van der Waals surface area contributed by atoms with Gasteiger partial charge in [0.2, 0.25) is 0 Å². The van der Waals surface area contributed by atoms with Crippen molar-refractivity contribution in [1.82, 2.24) is 9.61 Å². The van der Waals surface area contributed by atoms with Crippen LogP contribution in [-0.2, 0) is 44.1 Å². The van der Waals surface area contributed by atoms with E-state index < -0.39 is 0 Å². The first-order valence-electron chi connectivity index (χ1n) is 4.20. The van der Waals surface area contributed by atoms with E-state index in [2.05, 4.69) is 12.0 Å². The maximum atomic E-state index is 5.16. The van der Waals surface area contributed by atoms with Crippen LogP contribution in [0.1, 0.15) is 5.69 Å². The molecule has 0 aliphatic carbocycles. The zero-order valence-electron chi connectivity index (χ0n) is 7.89. The van der Waals surface area contributed by atoms with Gasteiger partial charge in [-0.1, -0.05) is 12.7 Å². The summed E-state index contributed by atoms with van der Waals surface area (Å²) in [7, 11) is 0. The SMILES string of the molecule is [CH2-]COCc1cc2ccccn2n1.[Y]. The number of hydrogen-bond acceptors (Lipinski definition) is 2. The fraction of sp³-hybridized carbons (Fsp3) is 0.200. The quantitative estimate of drug-likeness (QED) is 0.788. The molecule has 2 rings (SSSR count). The number of aromatic nitrogens is 2. The van der Waals surface area contributed by atoms with E-state index >= 15 is 0 Å². The van der Waals surface area contributed by atoms with Crippen LogP contribution in [0.15, 0.2) is 30.5 Å². The minimum absolute atomic E-state index is 0. The fourth-order valence-corrected chi connectivity index (χ4v) is 1.24. The van der Waals surface area contributed by atoms with E-state index in [9.17, 15) is 0 Å². The van der Waals surface area contributed by atoms with Gasteiger partial charge in [-0.05, 0) is 18.2 Å². The summed E-state index contributed by atoms with van der Waals surface area (Å²) >= 11 is 0. The van der Waals surface area contributed by atoms with Crippen molar-refractivity contribution < 1.29 is 37.4 Å². The molecule has 0 unspecified atom stereocenters. The van der Waals surface area contributed by atoms with E-state index in [0.717, 1.165) is 11.2 Å². The molecule has 0 aliphatic heterocycles. The molecule has 0 N–H and O–H groups in total. The van der Waals surface area contributed by atoms with Crippen molar-refractivity contribution in [2.24, 2.45) is 0 Å². The monoisotopic (exact) mass is 264 g/mol. The van der Waals surface area contributed by atoms with E-state index in [0.29, 0.717) is 13.2 Å². The Morgan fingerprint density at radius 3 is 3.00 bits per heavy atom. The predicted molar refractivity (Wildman–Crippen MR) is 50.2 cm³/mol. The van der Waals surface area contributed by atoms with Gasteiger partial charge in [-0.2, -0.15) is 5.10 Å². The first kappa shape index (κ1) is 11.8. The molecule has 2 aromatic heterocycles. The Bertz CT molecular complexity index is 367. The van der Waals surface area contributed by atoms with Crippen LogP contribution in [0.4, 0.5) is 0 Å². The van der Waals surface area contributed by atoms with Gasteiger partial charge in [0, 0.05) is 38.9 Å². The summed E-state index contributed by atoms with van der Waals surface area (Å²) < 4.78 is 7.00. The largest absolute Gasteiger partial charge is 0.407 e. The fourth-order valence-electron chi connectivity index (χ4n) is 1.24. The number of ether oxygens (including phenoxy) is 1.